The second kappa shape index (κ2) is 7.01. The molecule has 1 atom stereocenters. The lowest BCUT2D eigenvalue weighted by atomic mass is 10.2. The van der Waals surface area contributed by atoms with Gasteiger partial charge in [-0.25, -0.2) is 0 Å². The van der Waals surface area contributed by atoms with E-state index in [0.29, 0.717) is 10.0 Å². The van der Waals surface area contributed by atoms with Crippen molar-refractivity contribution >= 4 is 51.8 Å². The number of thiophene rings is 1. The molecule has 2 rings (SSSR count). The quantitative estimate of drug-likeness (QED) is 0.648. The first-order chi connectivity index (χ1) is 9.86. The van der Waals surface area contributed by atoms with Crippen molar-refractivity contribution in [2.45, 2.75) is 19.6 Å². The van der Waals surface area contributed by atoms with Crippen LogP contribution in [0.4, 0.5) is 14.5 Å². The highest BCUT2D eigenvalue weighted by Gasteiger charge is 2.16. The maximum Gasteiger partial charge on any atom is 0.387 e. The number of halogens is 5. The van der Waals surface area contributed by atoms with Gasteiger partial charge in [0.25, 0.3) is 0 Å². The molecule has 2 aromatic rings. The van der Waals surface area contributed by atoms with Crippen molar-refractivity contribution in [3.8, 4) is 5.75 Å². The van der Waals surface area contributed by atoms with Crippen LogP contribution < -0.4 is 10.1 Å². The van der Waals surface area contributed by atoms with Crippen molar-refractivity contribution in [1.82, 2.24) is 0 Å². The maximum atomic E-state index is 12.2. The Hall–Kier alpha value is -0.750. The minimum Gasteiger partial charge on any atom is -0.432 e. The lowest BCUT2D eigenvalue weighted by Gasteiger charge is -2.16. The fourth-order valence-corrected chi connectivity index (χ4v) is 3.37. The van der Waals surface area contributed by atoms with Crippen LogP contribution in [0.1, 0.15) is 17.8 Å². The zero-order chi connectivity index (χ0) is 15.6. The van der Waals surface area contributed by atoms with E-state index in [2.05, 4.69) is 10.1 Å². The largest absolute Gasteiger partial charge is 0.432 e. The number of benzene rings is 1. The van der Waals surface area contributed by atoms with Crippen LogP contribution in [0.5, 0.6) is 5.75 Å². The average molecular weight is 373 g/mol. The van der Waals surface area contributed by atoms with E-state index in [1.54, 1.807) is 6.07 Å². The first-order valence-corrected chi connectivity index (χ1v) is 7.77. The molecule has 2 nitrogen and oxygen atoms in total. The third kappa shape index (κ3) is 4.36. The number of nitrogens with one attached hydrogen (secondary N) is 1. The van der Waals surface area contributed by atoms with Crippen LogP contribution >= 0.6 is 46.1 Å². The molecule has 0 aliphatic heterocycles. The SMILES string of the molecule is CC(Nc1cc(Cl)c(OC(F)F)c(Cl)c1)c1ccc(Cl)s1. The summed E-state index contributed by atoms with van der Waals surface area (Å²) in [7, 11) is 0. The third-order valence-corrected chi connectivity index (χ3v) is 4.58. The lowest BCUT2D eigenvalue weighted by Crippen LogP contribution is -2.06. The Labute approximate surface area is 139 Å². The fourth-order valence-electron chi connectivity index (χ4n) is 1.73. The number of hydrogen-bond acceptors (Lipinski definition) is 3. The van der Waals surface area contributed by atoms with E-state index in [0.717, 1.165) is 4.88 Å². The van der Waals surface area contributed by atoms with Gasteiger partial charge < -0.3 is 10.1 Å². The molecule has 1 aromatic carbocycles. The zero-order valence-electron chi connectivity index (χ0n) is 10.7. The lowest BCUT2D eigenvalue weighted by molar-refractivity contribution is -0.0497. The smallest absolute Gasteiger partial charge is 0.387 e. The third-order valence-electron chi connectivity index (χ3n) is 2.61. The van der Waals surface area contributed by atoms with E-state index in [4.69, 9.17) is 34.8 Å². The highest BCUT2D eigenvalue weighted by Crippen LogP contribution is 2.38. The van der Waals surface area contributed by atoms with Gasteiger partial charge in [-0.1, -0.05) is 34.8 Å². The van der Waals surface area contributed by atoms with Gasteiger partial charge >= 0.3 is 6.61 Å². The molecule has 114 valence electrons. The van der Waals surface area contributed by atoms with Gasteiger partial charge in [0.1, 0.15) is 0 Å². The summed E-state index contributed by atoms with van der Waals surface area (Å²) in [6.45, 7) is -1.04. The molecule has 1 unspecified atom stereocenters. The summed E-state index contributed by atoms with van der Waals surface area (Å²) < 4.78 is 29.5. The number of alkyl halides is 2. The maximum absolute atomic E-state index is 12.2. The summed E-state index contributed by atoms with van der Waals surface area (Å²) in [4.78, 5) is 1.03. The molecule has 0 amide bonds. The molecule has 1 aromatic heterocycles. The molecule has 1 heterocycles. The van der Waals surface area contributed by atoms with Gasteiger partial charge in [0.2, 0.25) is 0 Å². The number of hydrogen-bond donors (Lipinski definition) is 1. The molecule has 0 fully saturated rings. The molecule has 8 heteroatoms. The molecular weight excluding hydrogens is 363 g/mol. The molecule has 0 saturated carbocycles. The molecule has 0 spiro atoms. The Morgan fingerprint density at radius 3 is 2.24 bits per heavy atom. The molecular formula is C13H10Cl3F2NOS. The Morgan fingerprint density at radius 2 is 1.76 bits per heavy atom. The topological polar surface area (TPSA) is 21.3 Å². The van der Waals surface area contributed by atoms with Crippen LogP contribution in [0.15, 0.2) is 24.3 Å². The second-order valence-corrected chi connectivity index (χ2v) is 6.72. The minimum absolute atomic E-state index is 0.0155. The van der Waals surface area contributed by atoms with Crippen LogP contribution in [0.25, 0.3) is 0 Å². The Morgan fingerprint density at radius 1 is 1.14 bits per heavy atom. The van der Waals surface area contributed by atoms with Gasteiger partial charge in [-0.2, -0.15) is 8.78 Å². The van der Waals surface area contributed by atoms with Gasteiger partial charge in [0.15, 0.2) is 5.75 Å². The standard InChI is InChI=1S/C13H10Cl3F2NOS/c1-6(10-2-3-11(16)21-10)19-7-4-8(14)12(9(15)5-7)20-13(17)18/h2-6,13,19H,1H3. The molecule has 0 radical (unpaired) electrons. The number of ether oxygens (including phenoxy) is 1. The number of anilines is 1. The van der Waals surface area contributed by atoms with Crippen LogP contribution in [0.2, 0.25) is 14.4 Å². The van der Waals surface area contributed by atoms with E-state index in [-0.39, 0.29) is 21.8 Å². The van der Waals surface area contributed by atoms with Crippen molar-refractivity contribution in [2.75, 3.05) is 5.32 Å². The fraction of sp³-hybridized carbons (Fsp3) is 0.231. The molecule has 0 aliphatic rings. The Kier molecular flexibility index (Phi) is 5.54. The molecule has 0 aliphatic carbocycles. The van der Waals surface area contributed by atoms with E-state index >= 15 is 0 Å². The van der Waals surface area contributed by atoms with E-state index in [1.165, 1.54) is 23.5 Å². The summed E-state index contributed by atoms with van der Waals surface area (Å²) in [6.07, 6.45) is 0. The summed E-state index contributed by atoms with van der Waals surface area (Å²) >= 11 is 19.2. The van der Waals surface area contributed by atoms with Crippen LogP contribution in [0, 0.1) is 0 Å². The van der Waals surface area contributed by atoms with Gasteiger partial charge in [-0.05, 0) is 31.2 Å². The van der Waals surface area contributed by atoms with E-state index < -0.39 is 6.61 Å². The average Bonchev–Trinajstić information content (AvgIpc) is 2.80. The van der Waals surface area contributed by atoms with Crippen molar-refractivity contribution < 1.29 is 13.5 Å². The summed E-state index contributed by atoms with van der Waals surface area (Å²) in [5.41, 5.74) is 0.601. The van der Waals surface area contributed by atoms with Crippen molar-refractivity contribution in [1.29, 1.82) is 0 Å². The normalized spacial score (nSPS) is 12.5. The minimum atomic E-state index is -2.98. The second-order valence-electron chi connectivity index (χ2n) is 4.16. The van der Waals surface area contributed by atoms with Crippen molar-refractivity contribution in [2.24, 2.45) is 0 Å². The molecule has 21 heavy (non-hydrogen) atoms. The summed E-state index contributed by atoms with van der Waals surface area (Å²) in [5.74, 6) is -0.231. The van der Waals surface area contributed by atoms with Crippen LogP contribution in [0.3, 0.4) is 0 Å². The van der Waals surface area contributed by atoms with Crippen LogP contribution in [-0.4, -0.2) is 6.61 Å². The molecule has 0 saturated heterocycles. The van der Waals surface area contributed by atoms with E-state index in [1.807, 2.05) is 13.0 Å². The predicted octanol–water partition coefficient (Wildman–Crippen LogP) is 6.48. The predicted molar refractivity (Wildman–Crippen MR) is 84.5 cm³/mol. The van der Waals surface area contributed by atoms with Crippen molar-refractivity contribution in [3.05, 3.63) is 43.5 Å². The van der Waals surface area contributed by atoms with Gasteiger partial charge in [-0.15, -0.1) is 11.3 Å². The summed E-state index contributed by atoms with van der Waals surface area (Å²) in [6, 6.07) is 6.64. The van der Waals surface area contributed by atoms with Gasteiger partial charge in [-0.3, -0.25) is 0 Å². The van der Waals surface area contributed by atoms with Crippen LogP contribution in [-0.2, 0) is 0 Å². The highest BCUT2D eigenvalue weighted by atomic mass is 35.5. The van der Waals surface area contributed by atoms with Gasteiger partial charge in [0.05, 0.1) is 20.4 Å². The Balaban J connectivity index is 2.18. The Bertz CT molecular complexity index is 613. The molecule has 1 N–H and O–H groups in total. The first kappa shape index (κ1) is 16.6. The summed E-state index contributed by atoms with van der Waals surface area (Å²) in [5, 5.41) is 3.20. The highest BCUT2D eigenvalue weighted by molar-refractivity contribution is 7.16. The molecule has 0 bridgehead atoms. The van der Waals surface area contributed by atoms with E-state index in [9.17, 15) is 8.78 Å². The monoisotopic (exact) mass is 371 g/mol. The zero-order valence-corrected chi connectivity index (χ0v) is 13.8. The van der Waals surface area contributed by atoms with Crippen molar-refractivity contribution in [3.63, 3.8) is 0 Å². The number of rotatable bonds is 5. The first-order valence-electron chi connectivity index (χ1n) is 5.82. The van der Waals surface area contributed by atoms with Gasteiger partial charge in [0, 0.05) is 10.6 Å².